The number of imidazole rings is 1. The highest BCUT2D eigenvalue weighted by molar-refractivity contribution is 5.32. The molecule has 0 bridgehead atoms. The summed E-state index contributed by atoms with van der Waals surface area (Å²) in [6.45, 7) is 0.527. The maximum atomic E-state index is 8.36. The van der Waals surface area contributed by atoms with Crippen LogP contribution in [0.15, 0.2) is 31.0 Å². The minimum Gasteiger partial charge on any atom is -0.483 e. The van der Waals surface area contributed by atoms with Gasteiger partial charge in [-0.15, -0.1) is 0 Å². The third kappa shape index (κ3) is 3.63. The zero-order chi connectivity index (χ0) is 14.2. The molecule has 20 heavy (non-hydrogen) atoms. The van der Waals surface area contributed by atoms with Crippen molar-refractivity contribution >= 4 is 6.47 Å². The van der Waals surface area contributed by atoms with E-state index in [4.69, 9.17) is 9.90 Å². The van der Waals surface area contributed by atoms with E-state index in [9.17, 15) is 0 Å². The fraction of sp³-hybridized carbons (Fsp3) is 0.429. The number of carboxylic acid groups (broad SMARTS) is 1. The Bertz CT molecular complexity index is 521. The van der Waals surface area contributed by atoms with Crippen LogP contribution in [0, 0.1) is 0 Å². The molecule has 106 valence electrons. The molecule has 0 spiro atoms. The van der Waals surface area contributed by atoms with Gasteiger partial charge in [-0.2, -0.15) is 0 Å². The van der Waals surface area contributed by atoms with Gasteiger partial charge >= 0.3 is 0 Å². The van der Waals surface area contributed by atoms with Crippen LogP contribution in [0.3, 0.4) is 0 Å². The van der Waals surface area contributed by atoms with E-state index in [-0.39, 0.29) is 6.47 Å². The lowest BCUT2D eigenvalue weighted by molar-refractivity contribution is -0.122. The van der Waals surface area contributed by atoms with Crippen molar-refractivity contribution in [2.45, 2.75) is 38.1 Å². The van der Waals surface area contributed by atoms with Crippen molar-refractivity contribution in [2.24, 2.45) is 0 Å². The standard InChI is InChI=1S/C13H16N4.CH2O2/c1-2-4-11(3-1)13-16-7-8-17(13)10-12-9-14-5-6-15-12;2-1-3/h5-9,11H,1-4,10H2;1H,(H,2,3). The monoisotopic (exact) mass is 274 g/mol. The number of hydrogen-bond donors (Lipinski definition) is 1. The maximum Gasteiger partial charge on any atom is 0.290 e. The van der Waals surface area contributed by atoms with Gasteiger partial charge < -0.3 is 9.67 Å². The van der Waals surface area contributed by atoms with Gasteiger partial charge in [0.15, 0.2) is 0 Å². The summed E-state index contributed by atoms with van der Waals surface area (Å²) in [6, 6.07) is 0. The van der Waals surface area contributed by atoms with Gasteiger partial charge in [0.05, 0.1) is 18.4 Å². The summed E-state index contributed by atoms with van der Waals surface area (Å²) in [5.74, 6) is 1.86. The second-order valence-corrected chi connectivity index (χ2v) is 4.70. The number of nitrogens with zero attached hydrogens (tertiary/aromatic N) is 4. The van der Waals surface area contributed by atoms with Crippen LogP contribution in [0.4, 0.5) is 0 Å². The Hall–Kier alpha value is -2.24. The molecule has 2 aromatic rings. The molecule has 0 radical (unpaired) electrons. The van der Waals surface area contributed by atoms with E-state index in [1.165, 1.54) is 31.5 Å². The molecule has 0 unspecified atom stereocenters. The lowest BCUT2D eigenvalue weighted by Crippen LogP contribution is -2.08. The maximum absolute atomic E-state index is 8.36. The van der Waals surface area contributed by atoms with Crippen molar-refractivity contribution in [3.8, 4) is 0 Å². The highest BCUT2D eigenvalue weighted by atomic mass is 16.3. The van der Waals surface area contributed by atoms with Crippen molar-refractivity contribution in [2.75, 3.05) is 0 Å². The summed E-state index contributed by atoms with van der Waals surface area (Å²) in [5.41, 5.74) is 0.991. The van der Waals surface area contributed by atoms with Crippen molar-refractivity contribution in [1.29, 1.82) is 0 Å². The van der Waals surface area contributed by atoms with E-state index in [0.717, 1.165) is 12.2 Å². The van der Waals surface area contributed by atoms with Gasteiger partial charge in [-0.3, -0.25) is 14.8 Å². The van der Waals surface area contributed by atoms with E-state index in [1.54, 1.807) is 12.4 Å². The Kier molecular flexibility index (Phi) is 5.23. The smallest absolute Gasteiger partial charge is 0.290 e. The summed E-state index contributed by atoms with van der Waals surface area (Å²) in [7, 11) is 0. The molecule has 2 aromatic heterocycles. The van der Waals surface area contributed by atoms with Crippen molar-refractivity contribution in [3.05, 3.63) is 42.5 Å². The van der Waals surface area contributed by atoms with E-state index in [1.807, 2.05) is 18.6 Å². The van der Waals surface area contributed by atoms with E-state index in [0.29, 0.717) is 5.92 Å². The Morgan fingerprint density at radius 2 is 2.00 bits per heavy atom. The molecule has 0 aromatic carbocycles. The van der Waals surface area contributed by atoms with Crippen LogP contribution in [-0.2, 0) is 11.3 Å². The van der Waals surface area contributed by atoms with E-state index < -0.39 is 0 Å². The first-order valence-corrected chi connectivity index (χ1v) is 6.69. The number of hydrogen-bond acceptors (Lipinski definition) is 4. The molecule has 1 aliphatic rings. The molecule has 1 N–H and O–H groups in total. The summed E-state index contributed by atoms with van der Waals surface area (Å²) < 4.78 is 2.21. The third-order valence-electron chi connectivity index (χ3n) is 3.42. The Morgan fingerprint density at radius 1 is 1.25 bits per heavy atom. The quantitative estimate of drug-likeness (QED) is 0.867. The predicted octanol–water partition coefficient (Wildman–Crippen LogP) is 2.08. The Labute approximate surface area is 117 Å². The van der Waals surface area contributed by atoms with Gasteiger partial charge in [0.1, 0.15) is 5.82 Å². The van der Waals surface area contributed by atoms with Crippen LogP contribution < -0.4 is 0 Å². The van der Waals surface area contributed by atoms with Gasteiger partial charge in [-0.25, -0.2) is 4.98 Å². The average Bonchev–Trinajstić information content (AvgIpc) is 3.11. The fourth-order valence-corrected chi connectivity index (χ4v) is 2.58. The van der Waals surface area contributed by atoms with Crippen LogP contribution in [0.5, 0.6) is 0 Å². The van der Waals surface area contributed by atoms with Crippen molar-refractivity contribution < 1.29 is 9.90 Å². The molecule has 1 aliphatic carbocycles. The largest absolute Gasteiger partial charge is 0.483 e. The van der Waals surface area contributed by atoms with Crippen molar-refractivity contribution in [1.82, 2.24) is 19.5 Å². The number of rotatable bonds is 3. The molecule has 0 saturated heterocycles. The Balaban J connectivity index is 0.000000452. The van der Waals surface area contributed by atoms with Crippen LogP contribution in [0.2, 0.25) is 0 Å². The van der Waals surface area contributed by atoms with Gasteiger partial charge in [0.2, 0.25) is 0 Å². The molecule has 6 nitrogen and oxygen atoms in total. The van der Waals surface area contributed by atoms with Crippen molar-refractivity contribution in [3.63, 3.8) is 0 Å². The molecular formula is C14H18N4O2. The van der Waals surface area contributed by atoms with Gasteiger partial charge in [0.25, 0.3) is 6.47 Å². The molecule has 0 amide bonds. The molecule has 2 heterocycles. The zero-order valence-corrected chi connectivity index (χ0v) is 11.2. The van der Waals surface area contributed by atoms with Gasteiger partial charge in [-0.05, 0) is 12.8 Å². The van der Waals surface area contributed by atoms with Crippen LogP contribution >= 0.6 is 0 Å². The highest BCUT2D eigenvalue weighted by Gasteiger charge is 2.21. The first-order chi connectivity index (χ1) is 9.85. The molecule has 0 atom stereocenters. The van der Waals surface area contributed by atoms with Crippen LogP contribution in [0.1, 0.15) is 43.1 Å². The SMILES string of the molecule is O=CO.c1cnc(Cn2ccnc2C2CCCC2)cn1. The summed E-state index contributed by atoms with van der Waals surface area (Å²) >= 11 is 0. The topological polar surface area (TPSA) is 80.9 Å². The molecule has 6 heteroatoms. The van der Waals surface area contributed by atoms with Gasteiger partial charge in [0, 0.05) is 30.7 Å². The van der Waals surface area contributed by atoms with E-state index in [2.05, 4.69) is 19.5 Å². The van der Waals surface area contributed by atoms with E-state index >= 15 is 0 Å². The number of carbonyl (C=O) groups is 1. The lowest BCUT2D eigenvalue weighted by atomic mass is 10.1. The third-order valence-corrected chi connectivity index (χ3v) is 3.42. The first kappa shape index (κ1) is 14.2. The zero-order valence-electron chi connectivity index (χ0n) is 11.2. The molecule has 1 saturated carbocycles. The second kappa shape index (κ2) is 7.37. The average molecular weight is 274 g/mol. The Morgan fingerprint density at radius 3 is 2.65 bits per heavy atom. The minimum absolute atomic E-state index is 0.250. The predicted molar refractivity (Wildman–Crippen MR) is 73.3 cm³/mol. The highest BCUT2D eigenvalue weighted by Crippen LogP contribution is 2.33. The number of aromatic nitrogens is 4. The fourth-order valence-electron chi connectivity index (χ4n) is 2.58. The summed E-state index contributed by atoms with van der Waals surface area (Å²) in [5, 5.41) is 6.89. The second-order valence-electron chi connectivity index (χ2n) is 4.70. The van der Waals surface area contributed by atoms with Crippen LogP contribution in [0.25, 0.3) is 0 Å². The molecular weight excluding hydrogens is 256 g/mol. The summed E-state index contributed by atoms with van der Waals surface area (Å²) in [6.07, 6.45) is 14.4. The molecule has 3 rings (SSSR count). The summed E-state index contributed by atoms with van der Waals surface area (Å²) in [4.78, 5) is 21.3. The minimum atomic E-state index is -0.250. The van der Waals surface area contributed by atoms with Crippen LogP contribution in [-0.4, -0.2) is 31.1 Å². The first-order valence-electron chi connectivity index (χ1n) is 6.69. The molecule has 1 fully saturated rings. The van der Waals surface area contributed by atoms with Gasteiger partial charge in [-0.1, -0.05) is 12.8 Å². The lowest BCUT2D eigenvalue weighted by Gasteiger charge is -2.12. The molecule has 0 aliphatic heterocycles. The normalized spacial score (nSPS) is 14.6.